The Morgan fingerprint density at radius 1 is 0.414 bits per heavy atom. The van der Waals surface area contributed by atoms with E-state index in [0.717, 1.165) is 6.42 Å². The molecule has 2 rings (SSSR count). The maximum atomic E-state index is 2.28. The molecule has 0 heterocycles. The van der Waals surface area contributed by atoms with Crippen molar-refractivity contribution >= 4 is 0 Å². The number of rotatable bonds is 1. The van der Waals surface area contributed by atoms with Crippen LogP contribution in [0.5, 0.6) is 0 Å². The molecule has 0 amide bonds. The summed E-state index contributed by atoms with van der Waals surface area (Å²) >= 11 is 0. The van der Waals surface area contributed by atoms with Crippen LogP contribution in [0, 0.1) is 5.41 Å². The second-order valence-electron chi connectivity index (χ2n) is 12.8. The molecule has 29 heavy (non-hydrogen) atoms. The smallest absolute Gasteiger partial charge is 0.0132 e. The van der Waals surface area contributed by atoms with Gasteiger partial charge in [-0.15, -0.1) is 0 Å². The van der Waals surface area contributed by atoms with Crippen LogP contribution in [-0.4, -0.2) is 0 Å². The molecule has 0 bridgehead atoms. The van der Waals surface area contributed by atoms with Crippen LogP contribution in [0.4, 0.5) is 0 Å². The van der Waals surface area contributed by atoms with E-state index in [1.165, 1.54) is 22.3 Å². The molecule has 0 heteroatoms. The van der Waals surface area contributed by atoms with Crippen LogP contribution >= 0.6 is 0 Å². The lowest BCUT2D eigenvalue weighted by atomic mass is 9.82. The van der Waals surface area contributed by atoms with Gasteiger partial charge in [0.1, 0.15) is 0 Å². The Bertz CT molecular complexity index is 698. The van der Waals surface area contributed by atoms with Crippen LogP contribution in [-0.2, 0) is 22.7 Å². The maximum absolute atomic E-state index is 2.28. The van der Waals surface area contributed by atoms with Crippen LogP contribution in [0.25, 0.3) is 0 Å². The van der Waals surface area contributed by atoms with Gasteiger partial charge in [-0.3, -0.25) is 0 Å². The molecule has 0 atom stereocenters. The fourth-order valence-corrected chi connectivity index (χ4v) is 3.21. The van der Waals surface area contributed by atoms with Crippen molar-refractivity contribution in [3.05, 3.63) is 70.8 Å². The van der Waals surface area contributed by atoms with Crippen LogP contribution < -0.4 is 0 Å². The SMILES string of the molecule is CC(C)(C)Cc1ccc(C(C)(C)C)cc1.CC(C)(C)c1ccc(C(C)(C)C)cc1. The second-order valence-corrected chi connectivity index (χ2v) is 12.8. The minimum absolute atomic E-state index is 0.260. The van der Waals surface area contributed by atoms with Crippen molar-refractivity contribution < 1.29 is 0 Å². The first kappa shape index (κ1) is 25.5. The summed E-state index contributed by atoms with van der Waals surface area (Å²) in [5, 5.41) is 0. The lowest BCUT2D eigenvalue weighted by molar-refractivity contribution is 0.411. The molecule has 0 nitrogen and oxygen atoms in total. The number of hydrogen-bond acceptors (Lipinski definition) is 0. The Balaban J connectivity index is 0.000000291. The summed E-state index contributed by atoms with van der Waals surface area (Å²) in [4.78, 5) is 0. The fraction of sp³-hybridized carbons (Fsp3) is 0.586. The summed E-state index contributed by atoms with van der Waals surface area (Å²) in [6.07, 6.45) is 1.15. The zero-order chi connectivity index (χ0) is 22.7. The van der Waals surface area contributed by atoms with Crippen LogP contribution in [0.2, 0.25) is 0 Å². The first-order valence-electron chi connectivity index (χ1n) is 11.1. The standard InChI is InChI=1S/C15H24.C14H22/c1-14(2,3)11-12-7-9-13(10-8-12)15(4,5)6;1-13(2,3)11-7-9-12(10-8-11)14(4,5)6/h7-10H,11H2,1-6H3;7-10H,1-6H3. The van der Waals surface area contributed by atoms with Gasteiger partial charge in [-0.1, -0.05) is 132 Å². The van der Waals surface area contributed by atoms with E-state index < -0.39 is 0 Å². The summed E-state index contributed by atoms with van der Waals surface area (Å²) in [5.41, 5.74) is 6.84. The van der Waals surface area contributed by atoms with Gasteiger partial charge < -0.3 is 0 Å². The molecule has 0 aliphatic heterocycles. The molecule has 0 aliphatic rings. The van der Waals surface area contributed by atoms with Crippen molar-refractivity contribution in [3.8, 4) is 0 Å². The van der Waals surface area contributed by atoms with Crippen molar-refractivity contribution in [2.75, 3.05) is 0 Å². The van der Waals surface area contributed by atoms with Gasteiger partial charge in [-0.25, -0.2) is 0 Å². The largest absolute Gasteiger partial charge is 0.0599 e. The van der Waals surface area contributed by atoms with E-state index in [4.69, 9.17) is 0 Å². The highest BCUT2D eigenvalue weighted by atomic mass is 14.2. The Morgan fingerprint density at radius 3 is 0.862 bits per heavy atom. The number of benzene rings is 2. The van der Waals surface area contributed by atoms with E-state index in [2.05, 4.69) is 132 Å². The lowest BCUT2D eigenvalue weighted by Crippen LogP contribution is -2.14. The zero-order valence-corrected chi connectivity index (χ0v) is 21.3. The normalized spacial score (nSPS) is 13.0. The van der Waals surface area contributed by atoms with Crippen molar-refractivity contribution in [1.82, 2.24) is 0 Å². The van der Waals surface area contributed by atoms with E-state index in [1.807, 2.05) is 0 Å². The Kier molecular flexibility index (Phi) is 7.97. The molecule has 2 aromatic rings. The fourth-order valence-electron chi connectivity index (χ4n) is 3.21. The third-order valence-corrected chi connectivity index (χ3v) is 5.17. The third-order valence-electron chi connectivity index (χ3n) is 5.17. The van der Waals surface area contributed by atoms with E-state index >= 15 is 0 Å². The summed E-state index contributed by atoms with van der Waals surface area (Å²) in [6.45, 7) is 27.1. The lowest BCUT2D eigenvalue weighted by Gasteiger charge is -2.23. The highest BCUT2D eigenvalue weighted by Crippen LogP contribution is 2.27. The van der Waals surface area contributed by atoms with Gasteiger partial charge in [-0.05, 0) is 50.3 Å². The average Bonchev–Trinajstić information content (AvgIpc) is 2.52. The van der Waals surface area contributed by atoms with E-state index in [9.17, 15) is 0 Å². The minimum atomic E-state index is 0.260. The second kappa shape index (κ2) is 9.07. The van der Waals surface area contributed by atoms with Crippen LogP contribution in [0.3, 0.4) is 0 Å². The molecule has 0 radical (unpaired) electrons. The van der Waals surface area contributed by atoms with Gasteiger partial charge in [0.05, 0.1) is 0 Å². The predicted molar refractivity (Wildman–Crippen MR) is 132 cm³/mol. The summed E-state index contributed by atoms with van der Waals surface area (Å²) < 4.78 is 0. The summed E-state index contributed by atoms with van der Waals surface area (Å²) in [6, 6.07) is 18.1. The van der Waals surface area contributed by atoms with Crippen LogP contribution in [0.1, 0.15) is 105 Å². The summed E-state index contributed by atoms with van der Waals surface area (Å²) in [7, 11) is 0. The molecule has 0 fully saturated rings. The van der Waals surface area contributed by atoms with Crippen LogP contribution in [0.15, 0.2) is 48.5 Å². The van der Waals surface area contributed by atoms with Gasteiger partial charge in [0.25, 0.3) is 0 Å². The first-order chi connectivity index (χ1) is 12.9. The maximum Gasteiger partial charge on any atom is -0.0132 e. The topological polar surface area (TPSA) is 0 Å². The molecule has 0 saturated carbocycles. The molecule has 0 saturated heterocycles. The first-order valence-corrected chi connectivity index (χ1v) is 11.1. The summed E-state index contributed by atoms with van der Waals surface area (Å²) in [5.74, 6) is 0. The Hall–Kier alpha value is -1.56. The van der Waals surface area contributed by atoms with Gasteiger partial charge in [0.2, 0.25) is 0 Å². The Labute approximate surface area is 182 Å². The monoisotopic (exact) mass is 394 g/mol. The Morgan fingerprint density at radius 2 is 0.655 bits per heavy atom. The molecule has 0 unspecified atom stereocenters. The van der Waals surface area contributed by atoms with Crippen molar-refractivity contribution in [2.24, 2.45) is 5.41 Å². The highest BCUT2D eigenvalue weighted by Gasteiger charge is 2.17. The van der Waals surface area contributed by atoms with Crippen molar-refractivity contribution in [2.45, 2.75) is 106 Å². The average molecular weight is 395 g/mol. The molecule has 0 spiro atoms. The molecule has 0 aromatic heterocycles. The van der Waals surface area contributed by atoms with E-state index in [1.54, 1.807) is 0 Å². The van der Waals surface area contributed by atoms with Crippen molar-refractivity contribution in [1.29, 1.82) is 0 Å². The molecular formula is C29H46. The molecule has 2 aromatic carbocycles. The number of hydrogen-bond donors (Lipinski definition) is 0. The van der Waals surface area contributed by atoms with Gasteiger partial charge in [-0.2, -0.15) is 0 Å². The zero-order valence-electron chi connectivity index (χ0n) is 21.3. The van der Waals surface area contributed by atoms with Crippen molar-refractivity contribution in [3.63, 3.8) is 0 Å². The highest BCUT2D eigenvalue weighted by molar-refractivity contribution is 5.31. The molecule has 0 N–H and O–H groups in total. The van der Waals surface area contributed by atoms with Gasteiger partial charge in [0, 0.05) is 0 Å². The van der Waals surface area contributed by atoms with E-state index in [0.29, 0.717) is 5.41 Å². The molecular weight excluding hydrogens is 348 g/mol. The van der Waals surface area contributed by atoms with E-state index in [-0.39, 0.29) is 16.2 Å². The molecule has 0 aliphatic carbocycles. The predicted octanol–water partition coefficient (Wildman–Crippen LogP) is 8.85. The minimum Gasteiger partial charge on any atom is -0.0599 e. The molecule has 162 valence electrons. The third kappa shape index (κ3) is 9.20. The van der Waals surface area contributed by atoms with Gasteiger partial charge in [0.15, 0.2) is 0 Å². The quantitative estimate of drug-likeness (QED) is 0.453. The van der Waals surface area contributed by atoms with Gasteiger partial charge >= 0.3 is 0 Å².